The van der Waals surface area contributed by atoms with E-state index in [1.807, 2.05) is 49.3 Å². The fraction of sp³-hybridized carbons (Fsp3) is 0.167. The van der Waals surface area contributed by atoms with Crippen LogP contribution in [0.1, 0.15) is 5.56 Å². The van der Waals surface area contributed by atoms with Crippen molar-refractivity contribution in [3.63, 3.8) is 0 Å². The SMILES string of the molecule is COc1cccc(/C=C/C(=O)Nc2cc(Cl)ccc2N(C)C)c1. The molecule has 0 aliphatic carbocycles. The lowest BCUT2D eigenvalue weighted by molar-refractivity contribution is -0.111. The van der Waals surface area contributed by atoms with E-state index in [4.69, 9.17) is 16.3 Å². The van der Waals surface area contributed by atoms with Crippen LogP contribution in [0, 0.1) is 0 Å². The summed E-state index contributed by atoms with van der Waals surface area (Å²) in [5.74, 6) is 0.524. The van der Waals surface area contributed by atoms with Crippen LogP contribution in [0.4, 0.5) is 11.4 Å². The molecule has 0 unspecified atom stereocenters. The highest BCUT2D eigenvalue weighted by atomic mass is 35.5. The summed E-state index contributed by atoms with van der Waals surface area (Å²) in [5, 5.41) is 3.42. The Labute approximate surface area is 141 Å². The largest absolute Gasteiger partial charge is 0.497 e. The predicted octanol–water partition coefficient (Wildman–Crippen LogP) is 4.07. The van der Waals surface area contributed by atoms with Crippen LogP contribution in [0.5, 0.6) is 5.75 Å². The minimum absolute atomic E-state index is 0.224. The molecule has 0 aliphatic heterocycles. The molecule has 0 aromatic heterocycles. The number of carbonyl (C=O) groups is 1. The molecule has 0 atom stereocenters. The van der Waals surface area contributed by atoms with Gasteiger partial charge in [0.05, 0.1) is 18.5 Å². The normalized spacial score (nSPS) is 10.6. The van der Waals surface area contributed by atoms with Crippen LogP contribution in [0.2, 0.25) is 5.02 Å². The van der Waals surface area contributed by atoms with E-state index in [0.717, 1.165) is 17.0 Å². The first-order chi connectivity index (χ1) is 11.0. The molecule has 1 N–H and O–H groups in total. The lowest BCUT2D eigenvalue weighted by Crippen LogP contribution is -2.15. The summed E-state index contributed by atoms with van der Waals surface area (Å²) < 4.78 is 5.16. The molecule has 0 saturated heterocycles. The Bertz CT molecular complexity index is 727. The van der Waals surface area contributed by atoms with Gasteiger partial charge in [0.1, 0.15) is 5.75 Å². The quantitative estimate of drug-likeness (QED) is 0.840. The number of hydrogen-bond donors (Lipinski definition) is 1. The molecule has 2 rings (SSSR count). The van der Waals surface area contributed by atoms with E-state index in [2.05, 4.69) is 5.32 Å². The van der Waals surface area contributed by atoms with Gasteiger partial charge in [-0.15, -0.1) is 0 Å². The first-order valence-electron chi connectivity index (χ1n) is 7.09. The second kappa shape index (κ2) is 7.70. The van der Waals surface area contributed by atoms with Crippen LogP contribution in [-0.4, -0.2) is 27.1 Å². The van der Waals surface area contributed by atoms with Gasteiger partial charge in [-0.1, -0.05) is 23.7 Å². The van der Waals surface area contributed by atoms with Gasteiger partial charge in [0.25, 0.3) is 0 Å². The Kier molecular flexibility index (Phi) is 5.66. The fourth-order valence-corrected chi connectivity index (χ4v) is 2.26. The highest BCUT2D eigenvalue weighted by molar-refractivity contribution is 6.31. The number of rotatable bonds is 5. The van der Waals surface area contributed by atoms with Crippen molar-refractivity contribution in [2.24, 2.45) is 0 Å². The zero-order valence-corrected chi connectivity index (χ0v) is 14.1. The highest BCUT2D eigenvalue weighted by Crippen LogP contribution is 2.27. The van der Waals surface area contributed by atoms with Crippen LogP contribution in [-0.2, 0) is 4.79 Å². The van der Waals surface area contributed by atoms with Crippen molar-refractivity contribution in [3.05, 3.63) is 59.1 Å². The summed E-state index contributed by atoms with van der Waals surface area (Å²) in [6.07, 6.45) is 3.22. The molecule has 0 radical (unpaired) electrons. The van der Waals surface area contributed by atoms with E-state index in [1.165, 1.54) is 6.08 Å². The van der Waals surface area contributed by atoms with Crippen molar-refractivity contribution in [3.8, 4) is 5.75 Å². The maximum absolute atomic E-state index is 12.1. The lowest BCUT2D eigenvalue weighted by Gasteiger charge is -2.17. The lowest BCUT2D eigenvalue weighted by atomic mass is 10.2. The first kappa shape index (κ1) is 16.9. The van der Waals surface area contributed by atoms with Crippen LogP contribution >= 0.6 is 11.6 Å². The summed E-state index contributed by atoms with van der Waals surface area (Å²) in [6, 6.07) is 12.9. The number of ether oxygens (including phenoxy) is 1. The second-order valence-corrected chi connectivity index (χ2v) is 5.59. The monoisotopic (exact) mass is 330 g/mol. The van der Waals surface area contributed by atoms with Gasteiger partial charge in [-0.3, -0.25) is 4.79 Å². The molecule has 0 saturated carbocycles. The van der Waals surface area contributed by atoms with Crippen molar-refractivity contribution in [1.82, 2.24) is 0 Å². The van der Waals surface area contributed by atoms with E-state index in [9.17, 15) is 4.79 Å². The minimum Gasteiger partial charge on any atom is -0.497 e. The molecule has 0 aliphatic rings. The van der Waals surface area contributed by atoms with Gasteiger partial charge in [-0.25, -0.2) is 0 Å². The molecule has 0 spiro atoms. The summed E-state index contributed by atoms with van der Waals surface area (Å²) >= 11 is 6.01. The average Bonchev–Trinajstić information content (AvgIpc) is 2.53. The predicted molar refractivity (Wildman–Crippen MR) is 96.4 cm³/mol. The van der Waals surface area contributed by atoms with Gasteiger partial charge in [-0.05, 0) is 42.0 Å². The number of anilines is 2. The van der Waals surface area contributed by atoms with Gasteiger partial charge in [-0.2, -0.15) is 0 Å². The molecular formula is C18H19ClN2O2. The topological polar surface area (TPSA) is 41.6 Å². The van der Waals surface area contributed by atoms with Crippen LogP contribution in [0.3, 0.4) is 0 Å². The van der Waals surface area contributed by atoms with Crippen molar-refractivity contribution < 1.29 is 9.53 Å². The second-order valence-electron chi connectivity index (χ2n) is 5.16. The van der Waals surface area contributed by atoms with Crippen molar-refractivity contribution in [1.29, 1.82) is 0 Å². The van der Waals surface area contributed by atoms with Crippen molar-refractivity contribution in [2.45, 2.75) is 0 Å². The third-order valence-electron chi connectivity index (χ3n) is 3.22. The highest BCUT2D eigenvalue weighted by Gasteiger charge is 2.07. The minimum atomic E-state index is -0.224. The van der Waals surface area contributed by atoms with Gasteiger partial charge in [0.15, 0.2) is 0 Å². The smallest absolute Gasteiger partial charge is 0.248 e. The molecule has 0 bridgehead atoms. The Morgan fingerprint density at radius 3 is 2.70 bits per heavy atom. The number of nitrogens with zero attached hydrogens (tertiary/aromatic N) is 1. The zero-order chi connectivity index (χ0) is 16.8. The Balaban J connectivity index is 2.13. The molecule has 5 heteroatoms. The van der Waals surface area contributed by atoms with E-state index in [1.54, 1.807) is 25.3 Å². The van der Waals surface area contributed by atoms with Gasteiger partial charge in [0.2, 0.25) is 5.91 Å². The Morgan fingerprint density at radius 2 is 2.00 bits per heavy atom. The summed E-state index contributed by atoms with van der Waals surface area (Å²) in [6.45, 7) is 0. The third kappa shape index (κ3) is 4.76. The number of benzene rings is 2. The molecule has 2 aromatic rings. The molecule has 4 nitrogen and oxygen atoms in total. The number of methoxy groups -OCH3 is 1. The number of nitrogens with one attached hydrogen (secondary N) is 1. The van der Waals surface area contributed by atoms with Crippen molar-refractivity contribution >= 4 is 35.0 Å². The number of hydrogen-bond acceptors (Lipinski definition) is 3. The summed E-state index contributed by atoms with van der Waals surface area (Å²) in [7, 11) is 5.42. The number of carbonyl (C=O) groups excluding carboxylic acids is 1. The maximum Gasteiger partial charge on any atom is 0.248 e. The average molecular weight is 331 g/mol. The van der Waals surface area contributed by atoms with E-state index in [0.29, 0.717) is 10.7 Å². The number of amides is 1. The molecule has 120 valence electrons. The first-order valence-corrected chi connectivity index (χ1v) is 7.47. The molecular weight excluding hydrogens is 312 g/mol. The molecule has 23 heavy (non-hydrogen) atoms. The van der Waals surface area contributed by atoms with Crippen LogP contribution < -0.4 is 15.0 Å². The van der Waals surface area contributed by atoms with E-state index in [-0.39, 0.29) is 5.91 Å². The molecule has 2 aromatic carbocycles. The molecule has 1 amide bonds. The third-order valence-corrected chi connectivity index (χ3v) is 3.45. The maximum atomic E-state index is 12.1. The van der Waals surface area contributed by atoms with Gasteiger partial charge < -0.3 is 15.0 Å². The Morgan fingerprint density at radius 1 is 1.22 bits per heavy atom. The summed E-state index contributed by atoms with van der Waals surface area (Å²) in [5.41, 5.74) is 2.44. The van der Waals surface area contributed by atoms with E-state index >= 15 is 0 Å². The molecule has 0 heterocycles. The van der Waals surface area contributed by atoms with Crippen molar-refractivity contribution in [2.75, 3.05) is 31.4 Å². The zero-order valence-electron chi connectivity index (χ0n) is 13.3. The van der Waals surface area contributed by atoms with Crippen LogP contribution in [0.15, 0.2) is 48.5 Å². The van der Waals surface area contributed by atoms with E-state index < -0.39 is 0 Å². The van der Waals surface area contributed by atoms with Gasteiger partial charge in [0, 0.05) is 25.2 Å². The summed E-state index contributed by atoms with van der Waals surface area (Å²) in [4.78, 5) is 14.0. The standard InChI is InChI=1S/C18H19ClN2O2/c1-21(2)17-9-8-14(19)12-16(17)20-18(22)10-7-13-5-4-6-15(11-13)23-3/h4-12H,1-3H3,(H,20,22)/b10-7+. The van der Waals surface area contributed by atoms with Gasteiger partial charge >= 0.3 is 0 Å². The Hall–Kier alpha value is -2.46. The molecule has 0 fully saturated rings. The fourth-order valence-electron chi connectivity index (χ4n) is 2.09. The number of halogens is 1. The van der Waals surface area contributed by atoms with Crippen LogP contribution in [0.25, 0.3) is 6.08 Å².